The van der Waals surface area contributed by atoms with Gasteiger partial charge in [-0.2, -0.15) is 5.10 Å². The van der Waals surface area contributed by atoms with Crippen LogP contribution in [0.4, 0.5) is 0 Å². The molecule has 29 heavy (non-hydrogen) atoms. The number of esters is 1. The maximum atomic E-state index is 12.3. The number of thiophene rings is 1. The van der Waals surface area contributed by atoms with Crippen molar-refractivity contribution >= 4 is 23.4 Å². The molecule has 5 nitrogen and oxygen atoms in total. The number of nitrogens with zero attached hydrogens (tertiary/aromatic N) is 2. The first-order valence-corrected chi connectivity index (χ1v) is 9.84. The van der Waals surface area contributed by atoms with Crippen LogP contribution in [0.3, 0.4) is 0 Å². The normalized spacial score (nSPS) is 10.9. The number of methoxy groups -OCH3 is 1. The van der Waals surface area contributed by atoms with E-state index in [0.717, 1.165) is 21.8 Å². The quantitative estimate of drug-likeness (QED) is 0.252. The van der Waals surface area contributed by atoms with Crippen molar-refractivity contribution in [1.82, 2.24) is 9.78 Å². The summed E-state index contributed by atoms with van der Waals surface area (Å²) < 4.78 is 12.4. The topological polar surface area (TPSA) is 53.4 Å². The van der Waals surface area contributed by atoms with Crippen LogP contribution in [0.2, 0.25) is 0 Å². The molecule has 144 valence electrons. The molecule has 2 heterocycles. The second-order valence-corrected chi connectivity index (χ2v) is 7.04. The van der Waals surface area contributed by atoms with Crippen LogP contribution in [0.5, 0.6) is 11.5 Å². The fraction of sp³-hybridized carbons (Fsp3) is 0.0435. The van der Waals surface area contributed by atoms with Crippen molar-refractivity contribution in [2.75, 3.05) is 7.11 Å². The van der Waals surface area contributed by atoms with Crippen molar-refractivity contribution in [1.29, 1.82) is 0 Å². The number of carbonyl (C=O) groups is 1. The molecule has 0 unspecified atom stereocenters. The molecule has 0 bridgehead atoms. The molecule has 0 spiro atoms. The molecule has 0 atom stereocenters. The van der Waals surface area contributed by atoms with Crippen molar-refractivity contribution in [2.24, 2.45) is 0 Å². The Morgan fingerprint density at radius 1 is 1.00 bits per heavy atom. The average molecular weight is 402 g/mol. The summed E-state index contributed by atoms with van der Waals surface area (Å²) in [5, 5.41) is 6.72. The van der Waals surface area contributed by atoms with Crippen LogP contribution in [0, 0.1) is 0 Å². The standard InChI is InChI=1S/C23H18N2O3S/c1-27-19-10-5-6-11-20(19)28-22(26)14-13-17-16-25(18-8-3-2-4-9-18)24-23(17)21-12-7-15-29-21/h2-16H,1H3/b14-13+. The smallest absolute Gasteiger partial charge is 0.336 e. The third-order valence-corrected chi connectivity index (χ3v) is 5.07. The van der Waals surface area contributed by atoms with E-state index in [1.54, 1.807) is 40.3 Å². The summed E-state index contributed by atoms with van der Waals surface area (Å²) in [6.07, 6.45) is 5.02. The van der Waals surface area contributed by atoms with Crippen LogP contribution in [0.1, 0.15) is 5.56 Å². The first-order chi connectivity index (χ1) is 14.2. The van der Waals surface area contributed by atoms with Crippen molar-refractivity contribution in [2.45, 2.75) is 0 Å². The first-order valence-electron chi connectivity index (χ1n) is 8.96. The third-order valence-electron chi connectivity index (χ3n) is 4.20. The summed E-state index contributed by atoms with van der Waals surface area (Å²) in [5.41, 5.74) is 2.58. The highest BCUT2D eigenvalue weighted by atomic mass is 32.1. The maximum absolute atomic E-state index is 12.3. The zero-order chi connectivity index (χ0) is 20.1. The van der Waals surface area contributed by atoms with Gasteiger partial charge >= 0.3 is 5.97 Å². The van der Waals surface area contributed by atoms with Gasteiger partial charge in [-0.25, -0.2) is 9.48 Å². The number of hydrogen-bond acceptors (Lipinski definition) is 5. The fourth-order valence-electron chi connectivity index (χ4n) is 2.83. The van der Waals surface area contributed by atoms with Gasteiger partial charge in [0.15, 0.2) is 11.5 Å². The maximum Gasteiger partial charge on any atom is 0.336 e. The van der Waals surface area contributed by atoms with Crippen LogP contribution in [-0.4, -0.2) is 22.9 Å². The fourth-order valence-corrected chi connectivity index (χ4v) is 3.56. The zero-order valence-electron chi connectivity index (χ0n) is 15.7. The number of aromatic nitrogens is 2. The van der Waals surface area contributed by atoms with E-state index in [2.05, 4.69) is 0 Å². The van der Waals surface area contributed by atoms with E-state index in [-0.39, 0.29) is 0 Å². The van der Waals surface area contributed by atoms with E-state index >= 15 is 0 Å². The van der Waals surface area contributed by atoms with E-state index < -0.39 is 5.97 Å². The molecule has 0 aliphatic carbocycles. The second-order valence-electron chi connectivity index (χ2n) is 6.10. The largest absolute Gasteiger partial charge is 0.493 e. The molecule has 0 amide bonds. The lowest BCUT2D eigenvalue weighted by atomic mass is 10.2. The van der Waals surface area contributed by atoms with Gasteiger partial charge < -0.3 is 9.47 Å². The molecule has 2 aromatic carbocycles. The summed E-state index contributed by atoms with van der Waals surface area (Å²) in [5.74, 6) is 0.396. The van der Waals surface area contributed by atoms with Crippen molar-refractivity contribution in [3.63, 3.8) is 0 Å². The lowest BCUT2D eigenvalue weighted by molar-refractivity contribution is -0.129. The number of para-hydroxylation sites is 3. The molecule has 4 aromatic rings. The molecular weight excluding hydrogens is 384 g/mol. The highest BCUT2D eigenvalue weighted by Gasteiger charge is 2.12. The molecule has 0 radical (unpaired) electrons. The molecule has 2 aromatic heterocycles. The first kappa shape index (κ1) is 18.7. The Hall–Kier alpha value is -3.64. The molecule has 6 heteroatoms. The molecule has 0 fully saturated rings. The summed E-state index contributed by atoms with van der Waals surface area (Å²) in [6, 6.07) is 20.9. The molecule has 0 saturated heterocycles. The summed E-state index contributed by atoms with van der Waals surface area (Å²) in [4.78, 5) is 13.4. The van der Waals surface area contributed by atoms with Crippen LogP contribution >= 0.6 is 11.3 Å². The van der Waals surface area contributed by atoms with Crippen molar-refractivity contribution in [3.8, 4) is 27.8 Å². The SMILES string of the molecule is COc1ccccc1OC(=O)/C=C/c1cn(-c2ccccc2)nc1-c1cccs1. The number of hydrogen-bond donors (Lipinski definition) is 0. The van der Waals surface area contributed by atoms with Gasteiger partial charge in [-0.3, -0.25) is 0 Å². The minimum atomic E-state index is -0.487. The molecule has 0 saturated carbocycles. The third kappa shape index (κ3) is 4.28. The molecule has 0 aliphatic rings. The summed E-state index contributed by atoms with van der Waals surface area (Å²) in [6.45, 7) is 0. The number of benzene rings is 2. The van der Waals surface area contributed by atoms with Gasteiger partial charge in [0.25, 0.3) is 0 Å². The van der Waals surface area contributed by atoms with Gasteiger partial charge in [0.1, 0.15) is 5.69 Å². The van der Waals surface area contributed by atoms with Crippen LogP contribution in [0.15, 0.2) is 84.4 Å². The number of carbonyl (C=O) groups excluding carboxylic acids is 1. The zero-order valence-corrected chi connectivity index (χ0v) is 16.5. The Labute approximate surface area is 172 Å². The highest BCUT2D eigenvalue weighted by molar-refractivity contribution is 7.13. The summed E-state index contributed by atoms with van der Waals surface area (Å²) in [7, 11) is 1.54. The van der Waals surface area contributed by atoms with Gasteiger partial charge in [-0.05, 0) is 41.8 Å². The Morgan fingerprint density at radius 3 is 2.48 bits per heavy atom. The van der Waals surface area contributed by atoms with E-state index in [1.165, 1.54) is 13.2 Å². The molecule has 0 N–H and O–H groups in total. The van der Waals surface area contributed by atoms with Crippen LogP contribution in [0.25, 0.3) is 22.3 Å². The van der Waals surface area contributed by atoms with Gasteiger partial charge in [-0.1, -0.05) is 36.4 Å². The Morgan fingerprint density at radius 2 is 1.76 bits per heavy atom. The molecular formula is C23H18N2O3S. The number of rotatable bonds is 6. The lowest BCUT2D eigenvalue weighted by Gasteiger charge is -2.06. The Bertz CT molecular complexity index is 1130. The van der Waals surface area contributed by atoms with E-state index in [4.69, 9.17) is 14.6 Å². The minimum Gasteiger partial charge on any atom is -0.493 e. The van der Waals surface area contributed by atoms with Crippen molar-refractivity contribution in [3.05, 3.63) is 89.9 Å². The van der Waals surface area contributed by atoms with E-state index in [9.17, 15) is 4.79 Å². The number of ether oxygens (including phenoxy) is 2. The Balaban J connectivity index is 1.62. The average Bonchev–Trinajstić information content (AvgIpc) is 3.43. The van der Waals surface area contributed by atoms with Gasteiger partial charge in [0.05, 0.1) is 17.7 Å². The predicted molar refractivity (Wildman–Crippen MR) is 115 cm³/mol. The van der Waals surface area contributed by atoms with Crippen LogP contribution < -0.4 is 9.47 Å². The minimum absolute atomic E-state index is 0.378. The Kier molecular flexibility index (Phi) is 5.54. The highest BCUT2D eigenvalue weighted by Crippen LogP contribution is 2.29. The summed E-state index contributed by atoms with van der Waals surface area (Å²) >= 11 is 1.60. The molecule has 0 aliphatic heterocycles. The second kappa shape index (κ2) is 8.58. The van der Waals surface area contributed by atoms with Gasteiger partial charge in [0.2, 0.25) is 0 Å². The van der Waals surface area contributed by atoms with Crippen molar-refractivity contribution < 1.29 is 14.3 Å². The van der Waals surface area contributed by atoms with E-state index in [1.807, 2.05) is 60.1 Å². The monoisotopic (exact) mass is 402 g/mol. The molecule has 4 rings (SSSR count). The lowest BCUT2D eigenvalue weighted by Crippen LogP contribution is -2.04. The van der Waals surface area contributed by atoms with E-state index in [0.29, 0.717) is 11.5 Å². The van der Waals surface area contributed by atoms with Crippen LogP contribution in [-0.2, 0) is 4.79 Å². The van der Waals surface area contributed by atoms with Gasteiger partial charge in [-0.15, -0.1) is 11.3 Å². The van der Waals surface area contributed by atoms with Gasteiger partial charge in [0, 0.05) is 17.8 Å². The predicted octanol–water partition coefficient (Wildman–Crippen LogP) is 5.23.